The Morgan fingerprint density at radius 2 is 2.14 bits per heavy atom. The second-order valence-corrected chi connectivity index (χ2v) is 5.69. The van der Waals surface area contributed by atoms with E-state index in [1.165, 1.54) is 5.38 Å². The fourth-order valence-corrected chi connectivity index (χ4v) is 1.84. The number of nitrogens with one attached hydrogen (secondary N) is 1. The zero-order chi connectivity index (χ0) is 16.0. The second kappa shape index (κ2) is 7.02. The molecular formula is C12H17N3O5S. The summed E-state index contributed by atoms with van der Waals surface area (Å²) in [7, 11) is 0. The molecule has 1 rings (SSSR count). The molecule has 1 amide bonds. The fourth-order valence-electron chi connectivity index (χ4n) is 1.16. The molecule has 0 saturated heterocycles. The maximum absolute atomic E-state index is 11.6. The van der Waals surface area contributed by atoms with E-state index >= 15 is 0 Å². The molecule has 116 valence electrons. The van der Waals surface area contributed by atoms with Crippen LogP contribution >= 0.6 is 11.3 Å². The van der Waals surface area contributed by atoms with Gasteiger partial charge in [0.25, 0.3) is 0 Å². The maximum atomic E-state index is 11.6. The Balaban J connectivity index is 2.80. The highest BCUT2D eigenvalue weighted by Gasteiger charge is 2.20. The molecule has 2 N–H and O–H groups in total. The van der Waals surface area contributed by atoms with Crippen LogP contribution in [0.4, 0.5) is 9.93 Å². The number of amides is 1. The monoisotopic (exact) mass is 315 g/mol. The molecule has 0 aliphatic carbocycles. The molecule has 1 aromatic rings. The lowest BCUT2D eigenvalue weighted by molar-refractivity contribution is -0.129. The van der Waals surface area contributed by atoms with Gasteiger partial charge in [0, 0.05) is 5.38 Å². The minimum absolute atomic E-state index is 0.104. The van der Waals surface area contributed by atoms with Crippen molar-refractivity contribution in [3.8, 4) is 0 Å². The number of carbonyl (C=O) groups excluding carboxylic acids is 1. The van der Waals surface area contributed by atoms with Gasteiger partial charge in [0.1, 0.15) is 17.9 Å². The largest absolute Gasteiger partial charge is 0.476 e. The second-order valence-electron chi connectivity index (χ2n) is 4.83. The maximum Gasteiger partial charge on any atom is 0.413 e. The van der Waals surface area contributed by atoms with Crippen LogP contribution in [0.3, 0.4) is 0 Å². The average molecular weight is 315 g/mol. The highest BCUT2D eigenvalue weighted by atomic mass is 32.1. The van der Waals surface area contributed by atoms with E-state index in [1.54, 1.807) is 27.7 Å². The van der Waals surface area contributed by atoms with Crippen molar-refractivity contribution >= 4 is 34.2 Å². The molecule has 0 atom stereocenters. The van der Waals surface area contributed by atoms with Crippen LogP contribution in [0.5, 0.6) is 0 Å². The Morgan fingerprint density at radius 3 is 2.67 bits per heavy atom. The number of anilines is 1. The van der Waals surface area contributed by atoms with Gasteiger partial charge in [0.05, 0.1) is 0 Å². The summed E-state index contributed by atoms with van der Waals surface area (Å²) in [6.07, 6.45) is -0.665. The topological polar surface area (TPSA) is 110 Å². The number of hydrogen-bond donors (Lipinski definition) is 2. The summed E-state index contributed by atoms with van der Waals surface area (Å²) in [6.45, 7) is 7.12. The van der Waals surface area contributed by atoms with Crippen molar-refractivity contribution in [1.82, 2.24) is 4.98 Å². The summed E-state index contributed by atoms with van der Waals surface area (Å²) in [5, 5.41) is 16.6. The van der Waals surface area contributed by atoms with Crippen LogP contribution in [0.25, 0.3) is 0 Å². The number of thiazole rings is 1. The minimum Gasteiger partial charge on any atom is -0.476 e. The molecule has 0 bridgehead atoms. The summed E-state index contributed by atoms with van der Waals surface area (Å²) in [6, 6.07) is 0. The molecule has 1 heterocycles. The smallest absolute Gasteiger partial charge is 0.413 e. The van der Waals surface area contributed by atoms with Crippen LogP contribution < -0.4 is 5.32 Å². The van der Waals surface area contributed by atoms with Gasteiger partial charge in [0.15, 0.2) is 5.13 Å². The highest BCUT2D eigenvalue weighted by molar-refractivity contribution is 7.14. The number of ether oxygens (including phenoxy) is 1. The third kappa shape index (κ3) is 5.78. The molecule has 0 fully saturated rings. The number of aliphatic carboxylic acids is 1. The number of carboxylic acids is 1. The normalized spacial score (nSPS) is 11.9. The van der Waals surface area contributed by atoms with Crippen molar-refractivity contribution in [2.45, 2.75) is 33.3 Å². The van der Waals surface area contributed by atoms with E-state index in [1.807, 2.05) is 0 Å². The number of hydrogen-bond acceptors (Lipinski definition) is 7. The van der Waals surface area contributed by atoms with Crippen molar-refractivity contribution in [2.24, 2.45) is 5.16 Å². The quantitative estimate of drug-likeness (QED) is 0.637. The molecule has 1 aromatic heterocycles. The Labute approximate surface area is 125 Å². The molecule has 0 radical (unpaired) electrons. The number of carbonyl (C=O) groups is 2. The summed E-state index contributed by atoms with van der Waals surface area (Å²) < 4.78 is 5.07. The molecule has 0 aliphatic heterocycles. The minimum atomic E-state index is -1.27. The fraction of sp³-hybridized carbons (Fsp3) is 0.500. The molecule has 0 aromatic carbocycles. The molecular weight excluding hydrogens is 298 g/mol. The lowest BCUT2D eigenvalue weighted by atomic mass is 10.2. The predicted octanol–water partition coefficient (Wildman–Crippen LogP) is 2.32. The van der Waals surface area contributed by atoms with Crippen molar-refractivity contribution in [3.63, 3.8) is 0 Å². The zero-order valence-corrected chi connectivity index (χ0v) is 13.0. The van der Waals surface area contributed by atoms with Crippen molar-refractivity contribution in [1.29, 1.82) is 0 Å². The van der Waals surface area contributed by atoms with Crippen molar-refractivity contribution in [2.75, 3.05) is 11.9 Å². The van der Waals surface area contributed by atoms with Crippen LogP contribution in [0.2, 0.25) is 0 Å². The van der Waals surface area contributed by atoms with Gasteiger partial charge in [-0.3, -0.25) is 5.32 Å². The Morgan fingerprint density at radius 1 is 1.48 bits per heavy atom. The van der Waals surface area contributed by atoms with Gasteiger partial charge in [0.2, 0.25) is 5.71 Å². The van der Waals surface area contributed by atoms with E-state index in [-0.39, 0.29) is 23.1 Å². The number of rotatable bonds is 5. The lowest BCUT2D eigenvalue weighted by Gasteiger charge is -2.18. The third-order valence-electron chi connectivity index (χ3n) is 1.84. The Hall–Kier alpha value is -2.16. The van der Waals surface area contributed by atoms with Gasteiger partial charge in [-0.25, -0.2) is 14.6 Å². The summed E-state index contributed by atoms with van der Waals surface area (Å²) in [4.78, 5) is 31.3. The Kier molecular flexibility index (Phi) is 5.65. The molecule has 0 saturated carbocycles. The molecule has 9 heteroatoms. The molecule has 0 aliphatic rings. The number of carboxylic acid groups (broad SMARTS) is 1. The average Bonchev–Trinajstić information content (AvgIpc) is 2.74. The van der Waals surface area contributed by atoms with E-state index in [4.69, 9.17) is 14.7 Å². The summed E-state index contributed by atoms with van der Waals surface area (Å²) in [5.41, 5.74) is -0.857. The third-order valence-corrected chi connectivity index (χ3v) is 2.60. The summed E-state index contributed by atoms with van der Waals surface area (Å²) in [5.74, 6) is -1.27. The molecule has 8 nitrogen and oxygen atoms in total. The predicted molar refractivity (Wildman–Crippen MR) is 77.8 cm³/mol. The van der Waals surface area contributed by atoms with Crippen LogP contribution in [0, 0.1) is 0 Å². The number of oxime groups is 1. The van der Waals surface area contributed by atoms with Crippen LogP contribution in [0.15, 0.2) is 10.5 Å². The van der Waals surface area contributed by atoms with Gasteiger partial charge in [-0.05, 0) is 27.7 Å². The molecule has 0 unspecified atom stereocenters. The van der Waals surface area contributed by atoms with Gasteiger partial charge >= 0.3 is 12.1 Å². The standard InChI is InChI=1S/C12H17N3O5S/c1-5-19-15-8(9(16)17)7-6-21-10(13-7)14-11(18)20-12(2,3)4/h6H,5H2,1-4H3,(H,16,17)(H,13,14,18)/b15-8+. The lowest BCUT2D eigenvalue weighted by Crippen LogP contribution is -2.27. The first-order valence-electron chi connectivity index (χ1n) is 6.12. The van der Waals surface area contributed by atoms with Crippen molar-refractivity contribution < 1.29 is 24.3 Å². The Bertz CT molecular complexity index is 547. The van der Waals surface area contributed by atoms with Crippen LogP contribution in [-0.2, 0) is 14.4 Å². The van der Waals surface area contributed by atoms with Crippen LogP contribution in [0.1, 0.15) is 33.4 Å². The van der Waals surface area contributed by atoms with Gasteiger partial charge in [-0.1, -0.05) is 5.16 Å². The van der Waals surface area contributed by atoms with Gasteiger partial charge < -0.3 is 14.7 Å². The zero-order valence-electron chi connectivity index (χ0n) is 12.2. The molecule has 21 heavy (non-hydrogen) atoms. The van der Waals surface area contributed by atoms with Gasteiger partial charge in [-0.15, -0.1) is 11.3 Å². The van der Waals surface area contributed by atoms with E-state index in [0.29, 0.717) is 0 Å². The van der Waals surface area contributed by atoms with Crippen LogP contribution in [-0.4, -0.2) is 40.1 Å². The van der Waals surface area contributed by atoms with E-state index in [9.17, 15) is 9.59 Å². The van der Waals surface area contributed by atoms with Crippen molar-refractivity contribution in [3.05, 3.63) is 11.1 Å². The van der Waals surface area contributed by atoms with E-state index in [2.05, 4.69) is 15.5 Å². The number of nitrogens with zero attached hydrogens (tertiary/aromatic N) is 2. The molecule has 0 spiro atoms. The highest BCUT2D eigenvalue weighted by Crippen LogP contribution is 2.18. The first-order valence-corrected chi connectivity index (χ1v) is 7.00. The van der Waals surface area contributed by atoms with E-state index in [0.717, 1.165) is 11.3 Å². The first-order chi connectivity index (χ1) is 9.73. The van der Waals surface area contributed by atoms with E-state index < -0.39 is 17.7 Å². The summed E-state index contributed by atoms with van der Waals surface area (Å²) >= 11 is 1.06. The SMILES string of the molecule is CCO/N=C(/C(=O)O)c1csc(NC(=O)OC(C)(C)C)n1. The van der Waals surface area contributed by atoms with Gasteiger partial charge in [-0.2, -0.15) is 0 Å². The number of aromatic nitrogens is 1. The first kappa shape index (κ1) is 16.9.